The molecule has 0 bridgehead atoms. The lowest BCUT2D eigenvalue weighted by Gasteiger charge is -2.22. The van der Waals surface area contributed by atoms with Crippen LogP contribution >= 0.6 is 0 Å². The summed E-state index contributed by atoms with van der Waals surface area (Å²) in [5.41, 5.74) is 0. The summed E-state index contributed by atoms with van der Waals surface area (Å²) in [5, 5.41) is 14.7. The third-order valence-electron chi connectivity index (χ3n) is 3.62. The Labute approximate surface area is 117 Å². The second kappa shape index (κ2) is 6.93. The minimum absolute atomic E-state index is 0.295. The molecule has 1 aromatic heterocycles. The van der Waals surface area contributed by atoms with Crippen LogP contribution in [-0.4, -0.2) is 33.1 Å². The summed E-state index contributed by atoms with van der Waals surface area (Å²) in [4.78, 5) is 30.0. The predicted octanol–water partition coefficient (Wildman–Crippen LogP) is 1.24. The fourth-order valence-corrected chi connectivity index (χ4v) is 2.55. The molecule has 2 atom stereocenters. The van der Waals surface area contributed by atoms with Crippen molar-refractivity contribution in [2.75, 3.05) is 0 Å². The first-order valence-electron chi connectivity index (χ1n) is 6.92. The molecule has 20 heavy (non-hydrogen) atoms. The van der Waals surface area contributed by atoms with Crippen LogP contribution in [0.5, 0.6) is 0 Å². The Hall–Kier alpha value is -2.05. The first-order chi connectivity index (χ1) is 9.66. The molecule has 1 fully saturated rings. The predicted molar refractivity (Wildman–Crippen MR) is 72.0 cm³/mol. The van der Waals surface area contributed by atoms with E-state index in [1.165, 1.54) is 0 Å². The molecule has 7 heteroatoms. The lowest BCUT2D eigenvalue weighted by Crippen LogP contribution is -2.47. The molecule has 2 unspecified atom stereocenters. The van der Waals surface area contributed by atoms with Crippen LogP contribution in [0.1, 0.15) is 37.9 Å². The van der Waals surface area contributed by atoms with E-state index >= 15 is 0 Å². The van der Waals surface area contributed by atoms with Gasteiger partial charge in [-0.1, -0.05) is 19.3 Å². The van der Waals surface area contributed by atoms with E-state index in [-0.39, 0.29) is 12.1 Å². The average molecular weight is 280 g/mol. The van der Waals surface area contributed by atoms with Gasteiger partial charge in [0, 0.05) is 18.4 Å². The summed E-state index contributed by atoms with van der Waals surface area (Å²) < 4.78 is 0. The number of carbonyl (C=O) groups excluding carboxylic acids is 1. The van der Waals surface area contributed by atoms with Crippen molar-refractivity contribution in [3.05, 3.63) is 18.2 Å². The van der Waals surface area contributed by atoms with E-state index in [1.807, 2.05) is 0 Å². The lowest BCUT2D eigenvalue weighted by molar-refractivity contribution is -0.142. The Kier molecular flexibility index (Phi) is 4.97. The fourth-order valence-electron chi connectivity index (χ4n) is 2.55. The van der Waals surface area contributed by atoms with Crippen LogP contribution in [0, 0.1) is 5.92 Å². The molecule has 0 saturated heterocycles. The molecular weight excluding hydrogens is 260 g/mol. The Bertz CT molecular complexity index is 446. The molecule has 110 valence electrons. The zero-order valence-corrected chi connectivity index (χ0v) is 11.3. The second-order valence-corrected chi connectivity index (χ2v) is 5.05. The van der Waals surface area contributed by atoms with Crippen molar-refractivity contribution >= 4 is 12.0 Å². The Morgan fingerprint density at radius 3 is 2.85 bits per heavy atom. The first kappa shape index (κ1) is 14.4. The van der Waals surface area contributed by atoms with Gasteiger partial charge >= 0.3 is 12.0 Å². The monoisotopic (exact) mass is 280 g/mol. The molecule has 1 aromatic rings. The minimum atomic E-state index is -0.830. The molecule has 1 aliphatic rings. The number of amides is 2. The smallest absolute Gasteiger partial charge is 0.315 e. The molecule has 1 saturated carbocycles. The Morgan fingerprint density at radius 1 is 1.35 bits per heavy atom. The van der Waals surface area contributed by atoms with Crippen LogP contribution in [0.25, 0.3) is 0 Å². The molecule has 0 aliphatic heterocycles. The van der Waals surface area contributed by atoms with E-state index in [9.17, 15) is 14.7 Å². The molecule has 0 spiro atoms. The average Bonchev–Trinajstić information content (AvgIpc) is 2.82. The van der Waals surface area contributed by atoms with E-state index in [1.54, 1.807) is 12.4 Å². The van der Waals surface area contributed by atoms with Crippen LogP contribution in [0.4, 0.5) is 4.79 Å². The van der Waals surface area contributed by atoms with Crippen LogP contribution in [0.2, 0.25) is 0 Å². The van der Waals surface area contributed by atoms with Crippen LogP contribution in [0.3, 0.4) is 0 Å². The Balaban J connectivity index is 1.85. The Morgan fingerprint density at radius 2 is 2.15 bits per heavy atom. The normalized spacial score (nSPS) is 22.8. The van der Waals surface area contributed by atoms with Gasteiger partial charge in [0.1, 0.15) is 5.82 Å². The van der Waals surface area contributed by atoms with E-state index < -0.39 is 11.9 Å². The highest BCUT2D eigenvalue weighted by atomic mass is 16.4. The van der Waals surface area contributed by atoms with Gasteiger partial charge in [0.25, 0.3) is 0 Å². The summed E-state index contributed by atoms with van der Waals surface area (Å²) in [6.45, 7) is 0.295. The number of carbonyl (C=O) groups is 2. The van der Waals surface area contributed by atoms with E-state index in [2.05, 4.69) is 20.6 Å². The highest BCUT2D eigenvalue weighted by molar-refractivity contribution is 5.76. The number of hydrogen-bond donors (Lipinski definition) is 4. The van der Waals surface area contributed by atoms with Gasteiger partial charge in [-0.15, -0.1) is 0 Å². The van der Waals surface area contributed by atoms with Crippen molar-refractivity contribution < 1.29 is 14.7 Å². The number of nitrogens with one attached hydrogen (secondary N) is 3. The summed E-state index contributed by atoms with van der Waals surface area (Å²) in [7, 11) is 0. The molecular formula is C13H20N4O3. The number of aromatic amines is 1. The zero-order chi connectivity index (χ0) is 14.4. The number of carboxylic acids is 1. The number of nitrogens with zero attached hydrogens (tertiary/aromatic N) is 1. The van der Waals surface area contributed by atoms with Gasteiger partial charge in [0.15, 0.2) is 0 Å². The highest BCUT2D eigenvalue weighted by Crippen LogP contribution is 2.23. The zero-order valence-electron chi connectivity index (χ0n) is 11.3. The van der Waals surface area contributed by atoms with Gasteiger partial charge in [-0.25, -0.2) is 9.78 Å². The number of H-pyrrole nitrogens is 1. The maximum absolute atomic E-state index is 11.8. The van der Waals surface area contributed by atoms with Crippen molar-refractivity contribution in [3.63, 3.8) is 0 Å². The molecule has 1 aliphatic carbocycles. The highest BCUT2D eigenvalue weighted by Gasteiger charge is 2.30. The van der Waals surface area contributed by atoms with Crippen molar-refractivity contribution in [3.8, 4) is 0 Å². The molecule has 7 nitrogen and oxygen atoms in total. The van der Waals surface area contributed by atoms with Crippen molar-refractivity contribution in [2.45, 2.75) is 44.7 Å². The van der Waals surface area contributed by atoms with Crippen molar-refractivity contribution in [2.24, 2.45) is 5.92 Å². The number of imidazole rings is 1. The molecule has 0 aromatic carbocycles. The maximum atomic E-state index is 11.8. The fraction of sp³-hybridized carbons (Fsp3) is 0.615. The summed E-state index contributed by atoms with van der Waals surface area (Å²) >= 11 is 0. The standard InChI is InChI=1S/C13H20N4O3/c18-12(19)9-4-2-1-3-5-10(9)17-13(20)16-8-11-14-6-7-15-11/h6-7,9-10H,1-5,8H2,(H,14,15)(H,18,19)(H2,16,17,20). The van der Waals surface area contributed by atoms with Crippen LogP contribution in [0.15, 0.2) is 12.4 Å². The van der Waals surface area contributed by atoms with Gasteiger partial charge in [0.2, 0.25) is 0 Å². The SMILES string of the molecule is O=C(NCc1ncc[nH]1)NC1CCCCCC1C(=O)O. The third kappa shape index (κ3) is 3.97. The molecule has 1 heterocycles. The van der Waals surface area contributed by atoms with Crippen LogP contribution < -0.4 is 10.6 Å². The van der Waals surface area contributed by atoms with Crippen molar-refractivity contribution in [1.82, 2.24) is 20.6 Å². The quantitative estimate of drug-likeness (QED) is 0.622. The number of rotatable bonds is 4. The third-order valence-corrected chi connectivity index (χ3v) is 3.62. The molecule has 2 rings (SSSR count). The van der Waals surface area contributed by atoms with Gasteiger partial charge in [-0.2, -0.15) is 0 Å². The van der Waals surface area contributed by atoms with Gasteiger partial charge in [-0.3, -0.25) is 4.79 Å². The number of hydrogen-bond acceptors (Lipinski definition) is 3. The summed E-state index contributed by atoms with van der Waals surface area (Å²) in [5.74, 6) is -0.661. The van der Waals surface area contributed by atoms with E-state index in [0.717, 1.165) is 19.3 Å². The summed E-state index contributed by atoms with van der Waals surface area (Å²) in [6.07, 6.45) is 7.51. The number of urea groups is 1. The largest absolute Gasteiger partial charge is 0.481 e. The van der Waals surface area contributed by atoms with Crippen LogP contribution in [-0.2, 0) is 11.3 Å². The number of carboxylic acid groups (broad SMARTS) is 1. The second-order valence-electron chi connectivity index (χ2n) is 5.05. The molecule has 4 N–H and O–H groups in total. The van der Waals surface area contributed by atoms with Crippen molar-refractivity contribution in [1.29, 1.82) is 0 Å². The summed E-state index contributed by atoms with van der Waals surface area (Å²) in [6, 6.07) is -0.647. The molecule has 0 radical (unpaired) electrons. The minimum Gasteiger partial charge on any atom is -0.481 e. The van der Waals surface area contributed by atoms with Gasteiger partial charge in [-0.05, 0) is 12.8 Å². The number of aromatic nitrogens is 2. The molecule has 2 amide bonds. The maximum Gasteiger partial charge on any atom is 0.315 e. The van der Waals surface area contributed by atoms with E-state index in [4.69, 9.17) is 0 Å². The lowest BCUT2D eigenvalue weighted by atomic mass is 9.95. The number of aliphatic carboxylic acids is 1. The first-order valence-corrected chi connectivity index (χ1v) is 6.92. The topological polar surface area (TPSA) is 107 Å². The van der Waals surface area contributed by atoms with E-state index in [0.29, 0.717) is 25.2 Å². The van der Waals surface area contributed by atoms with Gasteiger partial charge < -0.3 is 20.7 Å². The van der Waals surface area contributed by atoms with Gasteiger partial charge in [0.05, 0.1) is 12.5 Å².